The molecule has 172 valence electrons. The summed E-state index contributed by atoms with van der Waals surface area (Å²) in [5.74, 6) is -1.51. The molecule has 1 N–H and O–H groups in total. The van der Waals surface area contributed by atoms with Gasteiger partial charge in [0.25, 0.3) is 0 Å². The van der Waals surface area contributed by atoms with Gasteiger partial charge in [0.2, 0.25) is 5.83 Å². The highest BCUT2D eigenvalue weighted by atomic mass is 32.2. The number of hydrogen-bond acceptors (Lipinski definition) is 7. The summed E-state index contributed by atoms with van der Waals surface area (Å²) in [4.78, 5) is 20.5. The fraction of sp³-hybridized carbons (Fsp3) is 0.391. The molecule has 1 aromatic carbocycles. The molecule has 3 rings (SSSR count). The number of hydrogen-bond donors (Lipinski definition) is 1. The Morgan fingerprint density at radius 1 is 1.38 bits per heavy atom. The molecule has 0 aliphatic carbocycles. The lowest BCUT2D eigenvalue weighted by Gasteiger charge is -2.29. The molecule has 1 aliphatic rings. The molecule has 9 heteroatoms. The lowest BCUT2D eigenvalue weighted by Crippen LogP contribution is -2.35. The average molecular weight is 461 g/mol. The van der Waals surface area contributed by atoms with Crippen LogP contribution in [0.2, 0.25) is 0 Å². The van der Waals surface area contributed by atoms with Gasteiger partial charge in [0, 0.05) is 38.4 Å². The predicted octanol–water partition coefficient (Wildman–Crippen LogP) is 5.07. The Morgan fingerprint density at radius 3 is 2.72 bits per heavy atom. The number of unbranched alkanes of at least 4 members (excludes halogenated alkanes) is 1. The summed E-state index contributed by atoms with van der Waals surface area (Å²) in [7, 11) is 5.69. The van der Waals surface area contributed by atoms with E-state index in [1.165, 1.54) is 0 Å². The maximum Gasteiger partial charge on any atom is 0.368 e. The number of nitrogens with zero attached hydrogens (tertiary/aromatic N) is 4. The van der Waals surface area contributed by atoms with Gasteiger partial charge in [-0.15, -0.1) is 0 Å². The van der Waals surface area contributed by atoms with Crippen LogP contribution in [0.25, 0.3) is 0 Å². The fourth-order valence-corrected chi connectivity index (χ4v) is 4.51. The first kappa shape index (κ1) is 23.9. The van der Waals surface area contributed by atoms with Gasteiger partial charge in [-0.2, -0.15) is 4.39 Å². The second-order valence-corrected chi connectivity index (χ2v) is 8.99. The van der Waals surface area contributed by atoms with E-state index in [4.69, 9.17) is 14.8 Å². The summed E-state index contributed by atoms with van der Waals surface area (Å²) in [6, 6.07) is 12.2. The Kier molecular flexibility index (Phi) is 7.98. The molecule has 1 aromatic heterocycles. The highest BCUT2D eigenvalue weighted by molar-refractivity contribution is 7.97. The average Bonchev–Trinajstić information content (AvgIpc) is 2.91. The van der Waals surface area contributed by atoms with Crippen LogP contribution in [0.5, 0.6) is 5.75 Å². The number of likely N-dealkylation sites (N-methyl/N-ethyl adjacent to an activating group) is 1. The van der Waals surface area contributed by atoms with Gasteiger partial charge in [-0.05, 0) is 37.5 Å². The van der Waals surface area contributed by atoms with Crippen LogP contribution in [0, 0.1) is 0 Å². The minimum absolute atomic E-state index is 0.283. The van der Waals surface area contributed by atoms with Crippen LogP contribution < -0.4 is 14.5 Å². The highest BCUT2D eigenvalue weighted by Gasteiger charge is 2.30. The van der Waals surface area contributed by atoms with Crippen molar-refractivity contribution in [1.82, 2.24) is 9.29 Å². The van der Waals surface area contributed by atoms with Gasteiger partial charge in [-0.25, -0.2) is 14.1 Å². The number of fused-ring (bicyclic) bond motifs is 1. The van der Waals surface area contributed by atoms with E-state index in [0.29, 0.717) is 18.1 Å². The molecule has 1 unspecified atom stereocenters. The molecule has 2 aromatic rings. The van der Waals surface area contributed by atoms with Crippen LogP contribution in [0.1, 0.15) is 26.2 Å². The van der Waals surface area contributed by atoms with Gasteiger partial charge >= 0.3 is 5.97 Å². The number of aromatic nitrogens is 1. The minimum atomic E-state index is -1.68. The Labute approximate surface area is 192 Å². The van der Waals surface area contributed by atoms with Gasteiger partial charge in [-0.1, -0.05) is 38.0 Å². The zero-order valence-corrected chi connectivity index (χ0v) is 19.6. The van der Waals surface area contributed by atoms with Gasteiger partial charge in [0.15, 0.2) is 17.4 Å². The molecule has 0 amide bonds. The first-order valence-electron chi connectivity index (χ1n) is 10.5. The van der Waals surface area contributed by atoms with Gasteiger partial charge in [-0.3, -0.25) is 0 Å². The normalized spacial score (nSPS) is 17.0. The Hall–Kier alpha value is -2.78. The van der Waals surface area contributed by atoms with Crippen molar-refractivity contribution >= 4 is 35.2 Å². The number of anilines is 3. The number of rotatable bonds is 8. The van der Waals surface area contributed by atoms with Gasteiger partial charge in [0.1, 0.15) is 6.26 Å². The maximum absolute atomic E-state index is 13.5. The molecule has 2 heterocycles. The van der Waals surface area contributed by atoms with Crippen molar-refractivity contribution in [2.45, 2.75) is 37.1 Å². The molecule has 7 nitrogen and oxygen atoms in total. The van der Waals surface area contributed by atoms with Crippen molar-refractivity contribution in [1.29, 1.82) is 0 Å². The summed E-state index contributed by atoms with van der Waals surface area (Å²) in [6.45, 7) is 2.96. The van der Waals surface area contributed by atoms with Crippen molar-refractivity contribution in [2.24, 2.45) is 0 Å². The van der Waals surface area contributed by atoms with Crippen LogP contribution in [0.15, 0.2) is 53.4 Å². The Balaban J connectivity index is 2.10. The van der Waals surface area contributed by atoms with Crippen molar-refractivity contribution in [3.8, 4) is 5.75 Å². The summed E-state index contributed by atoms with van der Waals surface area (Å²) >= 11 is 1.56. The molecule has 0 spiro atoms. The van der Waals surface area contributed by atoms with E-state index in [0.717, 1.165) is 42.2 Å². The first-order valence-corrected chi connectivity index (χ1v) is 11.3. The summed E-state index contributed by atoms with van der Waals surface area (Å²) in [5.41, 5.74) is 1.04. The molecular weight excluding hydrogens is 431 g/mol. The fourth-order valence-electron chi connectivity index (χ4n) is 3.48. The van der Waals surface area contributed by atoms with E-state index in [-0.39, 0.29) is 5.75 Å². The van der Waals surface area contributed by atoms with Crippen LogP contribution >= 0.6 is 11.9 Å². The topological polar surface area (TPSA) is 69.1 Å². The van der Waals surface area contributed by atoms with Crippen LogP contribution in [0.3, 0.4) is 0 Å². The number of halogens is 1. The number of pyridine rings is 1. The lowest BCUT2D eigenvalue weighted by molar-refractivity contribution is -0.134. The number of carbonyl (C=O) groups is 1. The van der Waals surface area contributed by atoms with E-state index in [2.05, 4.69) is 35.3 Å². The monoisotopic (exact) mass is 460 g/mol. The summed E-state index contributed by atoms with van der Waals surface area (Å²) < 4.78 is 21.2. The van der Waals surface area contributed by atoms with E-state index in [1.807, 2.05) is 32.3 Å². The zero-order chi connectivity index (χ0) is 23.3. The number of aliphatic carboxylic acids is 1. The zero-order valence-electron chi connectivity index (χ0n) is 18.8. The van der Waals surface area contributed by atoms with Crippen LogP contribution in [0.4, 0.5) is 21.7 Å². The molecule has 0 bridgehead atoms. The number of carboxylic acid groups (broad SMARTS) is 1. The lowest BCUT2D eigenvalue weighted by atomic mass is 10.1. The third-order valence-corrected chi connectivity index (χ3v) is 6.28. The smallest absolute Gasteiger partial charge is 0.368 e. The molecule has 0 saturated heterocycles. The van der Waals surface area contributed by atoms with Crippen molar-refractivity contribution in [2.75, 3.05) is 37.5 Å². The van der Waals surface area contributed by atoms with Gasteiger partial charge in [0.05, 0.1) is 4.90 Å². The summed E-state index contributed by atoms with van der Waals surface area (Å²) in [6.07, 6.45) is 3.89. The second kappa shape index (κ2) is 10.7. The highest BCUT2D eigenvalue weighted by Crippen LogP contribution is 2.44. The molecule has 1 atom stereocenters. The van der Waals surface area contributed by atoms with Crippen molar-refractivity contribution in [3.05, 3.63) is 48.5 Å². The van der Waals surface area contributed by atoms with Gasteiger partial charge < -0.3 is 19.6 Å². The van der Waals surface area contributed by atoms with E-state index >= 15 is 0 Å². The first-order chi connectivity index (χ1) is 15.3. The third kappa shape index (κ3) is 5.52. The number of benzene rings is 1. The second-order valence-electron chi connectivity index (χ2n) is 7.79. The number of ether oxygens (including phenoxy) is 1. The van der Waals surface area contributed by atoms with E-state index in [9.17, 15) is 9.18 Å². The van der Waals surface area contributed by atoms with E-state index in [1.54, 1.807) is 22.9 Å². The molecule has 0 radical (unpaired) electrons. The van der Waals surface area contributed by atoms with Crippen LogP contribution in [-0.4, -0.2) is 54.1 Å². The molecular formula is C23H29FN4O3S. The SMILES string of the molecule is CCCCC1CN(c2ccccc2)c2nc(N(C)C)c(O/C=C(\F)C(=O)O)cc2SN1C. The number of carboxylic acids is 1. The van der Waals surface area contributed by atoms with Crippen molar-refractivity contribution < 1.29 is 19.0 Å². The third-order valence-electron chi connectivity index (χ3n) is 5.20. The maximum atomic E-state index is 13.5. The molecule has 32 heavy (non-hydrogen) atoms. The molecule has 0 fully saturated rings. The Bertz CT molecular complexity index is 971. The van der Waals surface area contributed by atoms with Crippen molar-refractivity contribution in [3.63, 3.8) is 0 Å². The largest absolute Gasteiger partial charge is 0.476 e. The van der Waals surface area contributed by atoms with E-state index < -0.39 is 11.8 Å². The quantitative estimate of drug-likeness (QED) is 0.333. The standard InChI is InChI=1S/C23H29FN4O3S/c1-5-6-10-17-14-28(16-11-8-7-9-12-16)22-20(32-27(17)4)13-19(21(25-22)26(2)3)31-15-18(24)23(29)30/h7-9,11-13,15,17H,5-6,10,14H2,1-4H3,(H,29,30)/b18-15-. The molecule has 0 saturated carbocycles. The summed E-state index contributed by atoms with van der Waals surface area (Å²) in [5, 5.41) is 8.80. The minimum Gasteiger partial charge on any atom is -0.476 e. The predicted molar refractivity (Wildman–Crippen MR) is 126 cm³/mol. The Morgan fingerprint density at radius 2 is 2.09 bits per heavy atom. The van der Waals surface area contributed by atoms with Crippen LogP contribution in [-0.2, 0) is 4.79 Å². The molecule has 1 aliphatic heterocycles. The number of para-hydroxylation sites is 1.